The number of anilines is 2. The molecule has 3 aromatic carbocycles. The van der Waals surface area contributed by atoms with Gasteiger partial charge in [-0.2, -0.15) is 14.0 Å². The number of carbonyl (C=O) groups excluding carboxylic acids is 1. The number of unbranched alkanes of at least 4 members (excludes halogenated alkanes) is 3. The molecule has 7 nitrogen and oxygen atoms in total. The van der Waals surface area contributed by atoms with Crippen LogP contribution in [0.25, 0.3) is 6.08 Å². The number of rotatable bonds is 14. The Kier molecular flexibility index (Phi) is 10.7. The van der Waals surface area contributed by atoms with E-state index < -0.39 is 12.1 Å². The zero-order chi connectivity index (χ0) is 28.1. The van der Waals surface area contributed by atoms with Crippen LogP contribution < -0.4 is 20.9 Å². The molecule has 0 spiro atoms. The van der Waals surface area contributed by atoms with Gasteiger partial charge in [0.2, 0.25) is 0 Å². The summed E-state index contributed by atoms with van der Waals surface area (Å²) >= 11 is 0. The summed E-state index contributed by atoms with van der Waals surface area (Å²) in [4.78, 5) is 12.0. The molecule has 0 unspecified atom stereocenters. The number of benzene rings is 3. The average molecular weight is 536 g/mol. The van der Waals surface area contributed by atoms with Crippen molar-refractivity contribution in [3.63, 3.8) is 0 Å². The molecule has 3 aromatic rings. The third kappa shape index (κ3) is 9.67. The second-order valence-electron chi connectivity index (χ2n) is 8.74. The molecule has 0 saturated carbocycles. The van der Waals surface area contributed by atoms with Crippen LogP contribution in [0.4, 0.5) is 20.2 Å². The summed E-state index contributed by atoms with van der Waals surface area (Å²) in [7, 11) is 0. The van der Waals surface area contributed by atoms with Crippen molar-refractivity contribution in [3.05, 3.63) is 89.5 Å². The zero-order valence-corrected chi connectivity index (χ0v) is 21.4. The summed E-state index contributed by atoms with van der Waals surface area (Å²) in [5, 5.41) is 8.53. The highest BCUT2D eigenvalue weighted by Crippen LogP contribution is 2.32. The highest BCUT2D eigenvalue weighted by Gasteiger charge is 2.34. The molecule has 4 N–H and O–H groups in total. The quantitative estimate of drug-likeness (QED) is 0.108. The van der Waals surface area contributed by atoms with E-state index >= 15 is 0 Å². The Morgan fingerprint density at radius 1 is 0.923 bits per heavy atom. The second-order valence-corrected chi connectivity index (χ2v) is 8.74. The fourth-order valence-corrected chi connectivity index (χ4v) is 3.59. The van der Waals surface area contributed by atoms with Gasteiger partial charge in [-0.1, -0.05) is 18.2 Å². The molecule has 0 heterocycles. The topological polar surface area (TPSA) is 121 Å². The Balaban J connectivity index is 1.44. The summed E-state index contributed by atoms with van der Waals surface area (Å²) in [6.07, 6.45) is 2.66. The number of hydrogen-bond acceptors (Lipinski definition) is 7. The Labute approximate surface area is 226 Å². The van der Waals surface area contributed by atoms with Crippen molar-refractivity contribution < 1.29 is 27.8 Å². The Bertz CT molecular complexity index is 1290. The molecule has 3 rings (SSSR count). The molecule has 9 heteroatoms. The van der Waals surface area contributed by atoms with E-state index in [4.69, 9.17) is 30.9 Å². The maximum atomic E-state index is 14.7. The van der Waals surface area contributed by atoms with Crippen molar-refractivity contribution in [3.8, 4) is 17.6 Å². The van der Waals surface area contributed by atoms with Crippen LogP contribution in [-0.4, -0.2) is 19.2 Å². The first-order chi connectivity index (χ1) is 18.8. The van der Waals surface area contributed by atoms with Gasteiger partial charge in [-0.25, -0.2) is 4.79 Å². The molecule has 0 fully saturated rings. The lowest BCUT2D eigenvalue weighted by Crippen LogP contribution is -2.21. The summed E-state index contributed by atoms with van der Waals surface area (Å²) in [5.41, 5.74) is 13.8. The lowest BCUT2D eigenvalue weighted by molar-refractivity contribution is -0.185. The van der Waals surface area contributed by atoms with E-state index in [1.807, 2.05) is 0 Å². The highest BCUT2D eigenvalue weighted by atomic mass is 19.3. The molecular formula is C30H31F2N3O4. The standard InChI is InChI=1S/C30H31F2N3O4/c31-30(32,24-9-14-26(15-10-24)37-19-4-2-1-3-18-33)39-27-12-5-22(6-13-27)7-16-29(36)38-20-17-23-8-11-25(34)21-28(23)35/h5-16,21H,1-4,17,19-20,34-35H2/b16-7+. The lowest BCUT2D eigenvalue weighted by Gasteiger charge is -2.18. The van der Waals surface area contributed by atoms with E-state index in [1.165, 1.54) is 48.6 Å². The zero-order valence-electron chi connectivity index (χ0n) is 21.4. The number of nitriles is 1. The third-order valence-corrected chi connectivity index (χ3v) is 5.72. The third-order valence-electron chi connectivity index (χ3n) is 5.72. The van der Waals surface area contributed by atoms with E-state index in [1.54, 1.807) is 30.3 Å². The number of carbonyl (C=O) groups is 1. The van der Waals surface area contributed by atoms with Crippen LogP contribution in [0.3, 0.4) is 0 Å². The average Bonchev–Trinajstić information content (AvgIpc) is 2.91. The van der Waals surface area contributed by atoms with Gasteiger partial charge >= 0.3 is 12.1 Å². The highest BCUT2D eigenvalue weighted by molar-refractivity contribution is 5.87. The van der Waals surface area contributed by atoms with E-state index in [0.29, 0.717) is 42.1 Å². The normalized spacial score (nSPS) is 11.2. The number of nitrogens with two attached hydrogens (primary N) is 2. The van der Waals surface area contributed by atoms with Crippen LogP contribution in [0, 0.1) is 11.3 Å². The first-order valence-electron chi connectivity index (χ1n) is 12.5. The van der Waals surface area contributed by atoms with E-state index in [-0.39, 0.29) is 17.9 Å². The minimum absolute atomic E-state index is 0.0292. The molecule has 0 bridgehead atoms. The monoisotopic (exact) mass is 535 g/mol. The predicted molar refractivity (Wildman–Crippen MR) is 146 cm³/mol. The smallest absolute Gasteiger partial charge is 0.426 e. The van der Waals surface area contributed by atoms with Gasteiger partial charge in [0.05, 0.1) is 24.8 Å². The summed E-state index contributed by atoms with van der Waals surface area (Å²) in [6, 6.07) is 18.6. The fraction of sp³-hybridized carbons (Fsp3) is 0.267. The van der Waals surface area contributed by atoms with Gasteiger partial charge in [0, 0.05) is 30.3 Å². The molecule has 0 aliphatic rings. The van der Waals surface area contributed by atoms with Crippen LogP contribution in [0.5, 0.6) is 11.5 Å². The lowest BCUT2D eigenvalue weighted by atomic mass is 10.1. The van der Waals surface area contributed by atoms with Gasteiger partial charge in [0.15, 0.2) is 0 Å². The number of ether oxygens (including phenoxy) is 3. The molecule has 39 heavy (non-hydrogen) atoms. The first-order valence-corrected chi connectivity index (χ1v) is 12.5. The van der Waals surface area contributed by atoms with Crippen LogP contribution in [0.2, 0.25) is 0 Å². The van der Waals surface area contributed by atoms with Gasteiger partial charge in [0.25, 0.3) is 0 Å². The number of alkyl halides is 2. The van der Waals surface area contributed by atoms with Crippen LogP contribution >= 0.6 is 0 Å². The molecule has 0 aliphatic carbocycles. The molecule has 0 amide bonds. The van der Waals surface area contributed by atoms with Gasteiger partial charge in [-0.3, -0.25) is 0 Å². The van der Waals surface area contributed by atoms with Gasteiger partial charge < -0.3 is 25.7 Å². The number of hydrogen-bond donors (Lipinski definition) is 2. The number of nitrogens with zero attached hydrogens (tertiary/aromatic N) is 1. The van der Waals surface area contributed by atoms with Gasteiger partial charge in [-0.15, -0.1) is 0 Å². The Hall–Kier alpha value is -4.58. The molecule has 0 saturated heterocycles. The van der Waals surface area contributed by atoms with Crippen LogP contribution in [-0.2, 0) is 22.1 Å². The molecule has 0 atom stereocenters. The predicted octanol–water partition coefficient (Wildman–Crippen LogP) is 6.24. The summed E-state index contributed by atoms with van der Waals surface area (Å²) in [5.74, 6) is -0.0836. The SMILES string of the molecule is N#CCCCCCOc1ccc(C(F)(F)Oc2ccc(/C=C/C(=O)OCCc3ccc(N)cc3N)cc2)cc1. The van der Waals surface area contributed by atoms with Crippen molar-refractivity contribution in [2.45, 2.75) is 38.2 Å². The van der Waals surface area contributed by atoms with Crippen molar-refractivity contribution in [1.82, 2.24) is 0 Å². The minimum Gasteiger partial charge on any atom is -0.494 e. The maximum Gasteiger partial charge on any atom is 0.426 e. The van der Waals surface area contributed by atoms with Crippen molar-refractivity contribution >= 4 is 23.4 Å². The van der Waals surface area contributed by atoms with E-state index in [2.05, 4.69) is 6.07 Å². The van der Waals surface area contributed by atoms with Gasteiger partial charge in [-0.05, 0) is 85.0 Å². The number of esters is 1. The summed E-state index contributed by atoms with van der Waals surface area (Å²) < 4.78 is 45.0. The molecule has 0 radical (unpaired) electrons. The maximum absolute atomic E-state index is 14.7. The fourth-order valence-electron chi connectivity index (χ4n) is 3.59. The Morgan fingerprint density at radius 2 is 1.64 bits per heavy atom. The molecule has 0 aliphatic heterocycles. The Morgan fingerprint density at radius 3 is 2.33 bits per heavy atom. The number of nitrogen functional groups attached to an aromatic ring is 2. The van der Waals surface area contributed by atoms with E-state index in [9.17, 15) is 13.6 Å². The molecule has 204 valence electrons. The van der Waals surface area contributed by atoms with Crippen molar-refractivity contribution in [2.24, 2.45) is 0 Å². The summed E-state index contributed by atoms with van der Waals surface area (Å²) in [6.45, 7) is 0.602. The molecule has 0 aromatic heterocycles. The first kappa shape index (κ1) is 29.0. The second kappa shape index (κ2) is 14.4. The largest absolute Gasteiger partial charge is 0.494 e. The van der Waals surface area contributed by atoms with E-state index in [0.717, 1.165) is 24.8 Å². The van der Waals surface area contributed by atoms with Gasteiger partial charge in [0.1, 0.15) is 11.5 Å². The van der Waals surface area contributed by atoms with Crippen molar-refractivity contribution in [2.75, 3.05) is 24.7 Å². The van der Waals surface area contributed by atoms with Crippen LogP contribution in [0.1, 0.15) is 42.4 Å². The van der Waals surface area contributed by atoms with Crippen molar-refractivity contribution in [1.29, 1.82) is 5.26 Å². The molecular weight excluding hydrogens is 504 g/mol. The van der Waals surface area contributed by atoms with Crippen LogP contribution in [0.15, 0.2) is 72.8 Å². The minimum atomic E-state index is -3.55. The number of halogens is 2.